The average molecular weight is 340 g/mol. The van der Waals surface area contributed by atoms with Gasteiger partial charge >= 0.3 is 0 Å². The van der Waals surface area contributed by atoms with Crippen LogP contribution >= 0.6 is 12.4 Å². The number of carbonyl (C=O) groups is 2. The number of rotatable bonds is 7. The van der Waals surface area contributed by atoms with E-state index in [9.17, 15) is 9.59 Å². The Balaban J connectivity index is 0.00000264. The SMILES string of the molecule is Cl.N[C@@H]1CCC[C@H]1CC(=O)NCCC(=O)NCc1ccccc1. The molecule has 1 aliphatic carbocycles. The molecule has 1 aromatic carbocycles. The van der Waals surface area contributed by atoms with Crippen LogP contribution in [0.2, 0.25) is 0 Å². The first-order valence-corrected chi connectivity index (χ1v) is 7.98. The second kappa shape index (κ2) is 10.2. The van der Waals surface area contributed by atoms with E-state index in [0.717, 1.165) is 24.8 Å². The summed E-state index contributed by atoms with van der Waals surface area (Å²) in [7, 11) is 0. The van der Waals surface area contributed by atoms with Crippen molar-refractivity contribution in [1.29, 1.82) is 0 Å². The van der Waals surface area contributed by atoms with Crippen LogP contribution in [-0.4, -0.2) is 24.4 Å². The normalized spacial score (nSPS) is 19.7. The molecule has 5 nitrogen and oxygen atoms in total. The molecule has 0 unspecified atom stereocenters. The van der Waals surface area contributed by atoms with Gasteiger partial charge in [0.05, 0.1) is 0 Å². The van der Waals surface area contributed by atoms with Crippen molar-refractivity contribution in [3.05, 3.63) is 35.9 Å². The zero-order valence-electron chi connectivity index (χ0n) is 13.3. The number of hydrogen-bond donors (Lipinski definition) is 3. The lowest BCUT2D eigenvalue weighted by atomic mass is 10.00. The number of nitrogens with one attached hydrogen (secondary N) is 2. The Labute approximate surface area is 143 Å². The van der Waals surface area contributed by atoms with Gasteiger partial charge in [-0.15, -0.1) is 12.4 Å². The minimum Gasteiger partial charge on any atom is -0.356 e. The number of amides is 2. The number of carbonyl (C=O) groups excluding carboxylic acids is 2. The Bertz CT molecular complexity index is 496. The second-order valence-corrected chi connectivity index (χ2v) is 5.92. The molecule has 0 aliphatic heterocycles. The Hall–Kier alpha value is -1.59. The highest BCUT2D eigenvalue weighted by Gasteiger charge is 2.25. The van der Waals surface area contributed by atoms with Gasteiger partial charge in [0.25, 0.3) is 0 Å². The lowest BCUT2D eigenvalue weighted by Gasteiger charge is -2.14. The van der Waals surface area contributed by atoms with Crippen molar-refractivity contribution < 1.29 is 9.59 Å². The molecular formula is C17H26ClN3O2. The summed E-state index contributed by atoms with van der Waals surface area (Å²) in [6, 6.07) is 9.90. The van der Waals surface area contributed by atoms with Gasteiger partial charge in [-0.25, -0.2) is 0 Å². The van der Waals surface area contributed by atoms with E-state index >= 15 is 0 Å². The van der Waals surface area contributed by atoms with Crippen molar-refractivity contribution in [3.8, 4) is 0 Å². The van der Waals surface area contributed by atoms with E-state index in [4.69, 9.17) is 5.73 Å². The highest BCUT2D eigenvalue weighted by molar-refractivity contribution is 5.85. The smallest absolute Gasteiger partial charge is 0.222 e. The molecule has 1 saturated carbocycles. The molecule has 1 aromatic rings. The maximum absolute atomic E-state index is 11.8. The van der Waals surface area contributed by atoms with Gasteiger partial charge in [0, 0.05) is 32.0 Å². The van der Waals surface area contributed by atoms with E-state index in [0.29, 0.717) is 31.8 Å². The van der Waals surface area contributed by atoms with Crippen molar-refractivity contribution in [1.82, 2.24) is 10.6 Å². The van der Waals surface area contributed by atoms with Crippen LogP contribution in [-0.2, 0) is 16.1 Å². The van der Waals surface area contributed by atoms with Gasteiger partial charge in [0.2, 0.25) is 11.8 Å². The van der Waals surface area contributed by atoms with E-state index in [-0.39, 0.29) is 30.3 Å². The van der Waals surface area contributed by atoms with Gasteiger partial charge in [0.1, 0.15) is 0 Å². The van der Waals surface area contributed by atoms with E-state index in [2.05, 4.69) is 10.6 Å². The highest BCUT2D eigenvalue weighted by Crippen LogP contribution is 2.26. The van der Waals surface area contributed by atoms with Gasteiger partial charge in [-0.05, 0) is 24.3 Å². The molecule has 6 heteroatoms. The summed E-state index contributed by atoms with van der Waals surface area (Å²) in [6.45, 7) is 0.895. The van der Waals surface area contributed by atoms with Crippen LogP contribution < -0.4 is 16.4 Å². The maximum Gasteiger partial charge on any atom is 0.222 e. The largest absolute Gasteiger partial charge is 0.356 e. The molecule has 0 aromatic heterocycles. The molecule has 0 radical (unpaired) electrons. The van der Waals surface area contributed by atoms with Crippen molar-refractivity contribution in [2.75, 3.05) is 6.54 Å². The number of benzene rings is 1. The van der Waals surface area contributed by atoms with E-state index in [1.807, 2.05) is 30.3 Å². The van der Waals surface area contributed by atoms with Gasteiger partial charge in [-0.3, -0.25) is 9.59 Å². The van der Waals surface area contributed by atoms with Crippen LogP contribution in [0.15, 0.2) is 30.3 Å². The number of nitrogens with two attached hydrogens (primary N) is 1. The summed E-state index contributed by atoms with van der Waals surface area (Å²) >= 11 is 0. The Morgan fingerprint density at radius 2 is 1.83 bits per heavy atom. The molecule has 0 bridgehead atoms. The first-order chi connectivity index (χ1) is 10.6. The topological polar surface area (TPSA) is 84.2 Å². The fraction of sp³-hybridized carbons (Fsp3) is 0.529. The third-order valence-electron chi connectivity index (χ3n) is 4.17. The lowest BCUT2D eigenvalue weighted by molar-refractivity contribution is -0.123. The molecule has 23 heavy (non-hydrogen) atoms. The predicted octanol–water partition coefficient (Wildman–Crippen LogP) is 1.75. The third kappa shape index (κ3) is 7.01. The molecule has 2 amide bonds. The minimum atomic E-state index is -0.0540. The average Bonchev–Trinajstić information content (AvgIpc) is 2.91. The van der Waals surface area contributed by atoms with Crippen LogP contribution in [0.4, 0.5) is 0 Å². The lowest BCUT2D eigenvalue weighted by Crippen LogP contribution is -2.34. The van der Waals surface area contributed by atoms with E-state index in [1.165, 1.54) is 0 Å². The van der Waals surface area contributed by atoms with Crippen molar-refractivity contribution in [3.63, 3.8) is 0 Å². The standard InChI is InChI=1S/C17H25N3O2.ClH/c18-15-8-4-7-14(15)11-17(22)19-10-9-16(21)20-12-13-5-2-1-3-6-13;/h1-3,5-6,14-15H,4,7-12,18H2,(H,19,22)(H,20,21);1H/t14-,15+;/m0./s1. The van der Waals surface area contributed by atoms with E-state index in [1.54, 1.807) is 0 Å². The zero-order chi connectivity index (χ0) is 15.8. The first kappa shape index (κ1) is 19.5. The Morgan fingerprint density at radius 1 is 1.09 bits per heavy atom. The van der Waals surface area contributed by atoms with E-state index < -0.39 is 0 Å². The molecular weight excluding hydrogens is 314 g/mol. The van der Waals surface area contributed by atoms with Crippen LogP contribution in [0.1, 0.15) is 37.7 Å². The molecule has 0 spiro atoms. The van der Waals surface area contributed by atoms with Gasteiger partial charge < -0.3 is 16.4 Å². The molecule has 128 valence electrons. The number of hydrogen-bond acceptors (Lipinski definition) is 3. The van der Waals surface area contributed by atoms with Gasteiger partial charge in [0.15, 0.2) is 0 Å². The van der Waals surface area contributed by atoms with Crippen molar-refractivity contribution in [2.24, 2.45) is 11.7 Å². The maximum atomic E-state index is 11.8. The third-order valence-corrected chi connectivity index (χ3v) is 4.17. The van der Waals surface area contributed by atoms with Crippen LogP contribution in [0.25, 0.3) is 0 Å². The second-order valence-electron chi connectivity index (χ2n) is 5.92. The fourth-order valence-electron chi connectivity index (χ4n) is 2.83. The monoisotopic (exact) mass is 339 g/mol. The Kier molecular flexibility index (Phi) is 8.66. The summed E-state index contributed by atoms with van der Waals surface area (Å²) in [5.74, 6) is 0.242. The molecule has 2 atom stereocenters. The van der Waals surface area contributed by atoms with Crippen LogP contribution in [0, 0.1) is 5.92 Å². The predicted molar refractivity (Wildman–Crippen MR) is 93.1 cm³/mol. The zero-order valence-corrected chi connectivity index (χ0v) is 14.1. The van der Waals surface area contributed by atoms with Crippen molar-refractivity contribution >= 4 is 24.2 Å². The van der Waals surface area contributed by atoms with Crippen molar-refractivity contribution in [2.45, 2.75) is 44.7 Å². The summed E-state index contributed by atoms with van der Waals surface area (Å²) < 4.78 is 0. The quantitative estimate of drug-likeness (QED) is 0.707. The Morgan fingerprint density at radius 3 is 2.48 bits per heavy atom. The highest BCUT2D eigenvalue weighted by atomic mass is 35.5. The minimum absolute atomic E-state index is 0. The molecule has 1 aliphatic rings. The molecule has 0 heterocycles. The van der Waals surface area contributed by atoms with Gasteiger partial charge in [-0.2, -0.15) is 0 Å². The first-order valence-electron chi connectivity index (χ1n) is 7.98. The fourth-order valence-corrected chi connectivity index (χ4v) is 2.83. The molecule has 2 rings (SSSR count). The molecule has 0 saturated heterocycles. The summed E-state index contributed by atoms with van der Waals surface area (Å²) in [5.41, 5.74) is 7.02. The summed E-state index contributed by atoms with van der Waals surface area (Å²) in [4.78, 5) is 23.5. The molecule has 1 fully saturated rings. The molecule has 4 N–H and O–H groups in total. The number of halogens is 1. The van der Waals surface area contributed by atoms with Crippen LogP contribution in [0.3, 0.4) is 0 Å². The summed E-state index contributed by atoms with van der Waals surface area (Å²) in [5, 5.41) is 5.65. The van der Waals surface area contributed by atoms with Gasteiger partial charge in [-0.1, -0.05) is 36.8 Å². The summed E-state index contributed by atoms with van der Waals surface area (Å²) in [6.07, 6.45) is 3.94. The van der Waals surface area contributed by atoms with Crippen LogP contribution in [0.5, 0.6) is 0 Å².